The number of hydrogen-bond donors (Lipinski definition) is 1. The number of aromatic nitrogens is 4. The molecule has 0 unspecified atom stereocenters. The van der Waals surface area contributed by atoms with Gasteiger partial charge in [0.2, 0.25) is 0 Å². The van der Waals surface area contributed by atoms with E-state index >= 15 is 0 Å². The number of piperazine rings is 1. The summed E-state index contributed by atoms with van der Waals surface area (Å²) in [5, 5.41) is 7.55. The predicted octanol–water partition coefficient (Wildman–Crippen LogP) is 4.08. The molecular formula is C22H21ClFN7. The summed E-state index contributed by atoms with van der Waals surface area (Å²) >= 11 is 5.89. The number of fused-ring (bicyclic) bond motifs is 1. The molecule has 0 aliphatic carbocycles. The minimum Gasteiger partial charge on any atom is -0.354 e. The van der Waals surface area contributed by atoms with E-state index in [2.05, 4.69) is 49.4 Å². The van der Waals surface area contributed by atoms with Crippen LogP contribution in [0.1, 0.15) is 0 Å². The summed E-state index contributed by atoms with van der Waals surface area (Å²) in [7, 11) is 2.14. The molecule has 1 fully saturated rings. The number of hydrogen-bond acceptors (Lipinski definition) is 6. The zero-order valence-electron chi connectivity index (χ0n) is 17.0. The minimum atomic E-state index is -0.461. The van der Waals surface area contributed by atoms with Gasteiger partial charge in [0.05, 0.1) is 5.02 Å². The second-order valence-electron chi connectivity index (χ2n) is 7.62. The summed E-state index contributed by atoms with van der Waals surface area (Å²) < 4.78 is 15.2. The van der Waals surface area contributed by atoms with Gasteiger partial charge in [0.25, 0.3) is 0 Å². The zero-order valence-corrected chi connectivity index (χ0v) is 17.7. The van der Waals surface area contributed by atoms with E-state index in [1.54, 1.807) is 10.6 Å². The van der Waals surface area contributed by atoms with Gasteiger partial charge in [0, 0.05) is 55.4 Å². The quantitative estimate of drug-likeness (QED) is 0.519. The molecule has 9 heteroatoms. The van der Waals surface area contributed by atoms with Crippen LogP contribution in [0.4, 0.5) is 21.7 Å². The summed E-state index contributed by atoms with van der Waals surface area (Å²) in [5.41, 5.74) is 3.42. The Hall–Kier alpha value is -3.23. The number of anilines is 3. The highest BCUT2D eigenvalue weighted by molar-refractivity contribution is 6.31. The lowest BCUT2D eigenvalue weighted by atomic mass is 10.1. The Balaban J connectivity index is 1.41. The lowest BCUT2D eigenvalue weighted by Crippen LogP contribution is -2.44. The van der Waals surface area contributed by atoms with Crippen LogP contribution in [0.3, 0.4) is 0 Å². The molecule has 31 heavy (non-hydrogen) atoms. The first-order valence-electron chi connectivity index (χ1n) is 10.0. The Morgan fingerprint density at radius 3 is 2.58 bits per heavy atom. The summed E-state index contributed by atoms with van der Waals surface area (Å²) in [6.07, 6.45) is 5.30. The van der Waals surface area contributed by atoms with Crippen molar-refractivity contribution in [3.63, 3.8) is 0 Å². The van der Waals surface area contributed by atoms with Crippen LogP contribution in [0, 0.1) is 5.82 Å². The van der Waals surface area contributed by atoms with Crippen molar-refractivity contribution in [3.05, 3.63) is 66.0 Å². The Morgan fingerprint density at radius 2 is 1.84 bits per heavy atom. The Bertz CT molecular complexity index is 1220. The molecule has 1 aliphatic rings. The standard InChI is InChI=1S/C22H21ClFN7/c1-29-6-8-30(9-7-29)21-5-2-15(12-25-21)16-10-20-22(26-14-27-31(20)13-16)28-17-3-4-19(24)18(23)11-17/h2-5,10-14H,6-9H2,1H3,(H,26,27,28). The van der Waals surface area contributed by atoms with Gasteiger partial charge in [-0.1, -0.05) is 11.6 Å². The highest BCUT2D eigenvalue weighted by atomic mass is 35.5. The fourth-order valence-corrected chi connectivity index (χ4v) is 3.85. The largest absolute Gasteiger partial charge is 0.354 e. The first kappa shape index (κ1) is 19.7. The van der Waals surface area contributed by atoms with Crippen LogP contribution in [0.5, 0.6) is 0 Å². The zero-order chi connectivity index (χ0) is 21.4. The van der Waals surface area contributed by atoms with E-state index in [1.807, 2.05) is 18.5 Å². The number of nitrogens with one attached hydrogen (secondary N) is 1. The van der Waals surface area contributed by atoms with Crippen LogP contribution >= 0.6 is 11.6 Å². The Labute approximate surface area is 184 Å². The third-order valence-electron chi connectivity index (χ3n) is 5.50. The van der Waals surface area contributed by atoms with Crippen molar-refractivity contribution in [2.24, 2.45) is 0 Å². The molecule has 7 nitrogen and oxygen atoms in total. The van der Waals surface area contributed by atoms with Gasteiger partial charge < -0.3 is 15.1 Å². The van der Waals surface area contributed by atoms with Gasteiger partial charge in [0.1, 0.15) is 23.5 Å². The third-order valence-corrected chi connectivity index (χ3v) is 5.79. The number of rotatable bonds is 4. The van der Waals surface area contributed by atoms with Crippen LogP contribution in [-0.4, -0.2) is 57.7 Å². The second kappa shape index (κ2) is 8.13. The highest BCUT2D eigenvalue weighted by Crippen LogP contribution is 2.28. The van der Waals surface area contributed by atoms with E-state index < -0.39 is 5.82 Å². The van der Waals surface area contributed by atoms with Crippen molar-refractivity contribution < 1.29 is 4.39 Å². The lowest BCUT2D eigenvalue weighted by molar-refractivity contribution is 0.312. The Morgan fingerprint density at radius 1 is 1.00 bits per heavy atom. The molecule has 1 N–H and O–H groups in total. The van der Waals surface area contributed by atoms with Crippen LogP contribution in [-0.2, 0) is 0 Å². The van der Waals surface area contributed by atoms with Crippen molar-refractivity contribution in [1.82, 2.24) is 24.5 Å². The fraction of sp³-hybridized carbons (Fsp3) is 0.227. The molecule has 4 heterocycles. The molecule has 1 saturated heterocycles. The van der Waals surface area contributed by atoms with E-state index in [-0.39, 0.29) is 5.02 Å². The van der Waals surface area contributed by atoms with Gasteiger partial charge in [-0.3, -0.25) is 0 Å². The average molecular weight is 438 g/mol. The molecule has 0 bridgehead atoms. The topological polar surface area (TPSA) is 61.6 Å². The van der Waals surface area contributed by atoms with E-state index in [4.69, 9.17) is 11.6 Å². The Kier molecular flexibility index (Phi) is 5.17. The van der Waals surface area contributed by atoms with Crippen LogP contribution in [0.2, 0.25) is 5.02 Å². The molecule has 3 aromatic heterocycles. The van der Waals surface area contributed by atoms with E-state index in [9.17, 15) is 4.39 Å². The average Bonchev–Trinajstić information content (AvgIpc) is 3.22. The smallest absolute Gasteiger partial charge is 0.158 e. The summed E-state index contributed by atoms with van der Waals surface area (Å²) in [5.74, 6) is 1.14. The maximum atomic E-state index is 13.4. The van der Waals surface area contributed by atoms with Crippen molar-refractivity contribution in [1.29, 1.82) is 0 Å². The van der Waals surface area contributed by atoms with E-state index in [1.165, 1.54) is 18.5 Å². The van der Waals surface area contributed by atoms with E-state index in [0.29, 0.717) is 11.5 Å². The fourth-order valence-electron chi connectivity index (χ4n) is 3.67. The highest BCUT2D eigenvalue weighted by Gasteiger charge is 2.16. The van der Waals surface area contributed by atoms with Crippen LogP contribution in [0.25, 0.3) is 16.6 Å². The van der Waals surface area contributed by atoms with Gasteiger partial charge in [-0.2, -0.15) is 5.10 Å². The number of halogens is 2. The molecule has 0 radical (unpaired) electrons. The minimum absolute atomic E-state index is 0.0534. The maximum absolute atomic E-state index is 13.4. The molecule has 1 aromatic carbocycles. The summed E-state index contributed by atoms with van der Waals surface area (Å²) in [6, 6.07) is 10.6. The SMILES string of the molecule is CN1CCN(c2ccc(-c3cc4c(Nc5ccc(F)c(Cl)c5)ncnn4c3)cn2)CC1. The number of likely N-dealkylation sites (N-methyl/N-ethyl adjacent to an activating group) is 1. The maximum Gasteiger partial charge on any atom is 0.158 e. The molecule has 5 rings (SSSR count). The van der Waals surface area contributed by atoms with Crippen LogP contribution < -0.4 is 10.2 Å². The van der Waals surface area contributed by atoms with Gasteiger partial charge in [-0.25, -0.2) is 18.9 Å². The number of pyridine rings is 1. The normalized spacial score (nSPS) is 14.9. The van der Waals surface area contributed by atoms with Gasteiger partial charge in [0.15, 0.2) is 5.82 Å². The molecule has 0 spiro atoms. The molecular weight excluding hydrogens is 417 g/mol. The van der Waals surface area contributed by atoms with Gasteiger partial charge >= 0.3 is 0 Å². The van der Waals surface area contributed by atoms with Crippen molar-refractivity contribution in [3.8, 4) is 11.1 Å². The van der Waals surface area contributed by atoms with Crippen LogP contribution in [0.15, 0.2) is 55.1 Å². The molecule has 0 atom stereocenters. The summed E-state index contributed by atoms with van der Waals surface area (Å²) in [6.45, 7) is 4.05. The van der Waals surface area contributed by atoms with Crippen molar-refractivity contribution in [2.45, 2.75) is 0 Å². The molecule has 4 aromatic rings. The molecule has 1 aliphatic heterocycles. The van der Waals surface area contributed by atoms with Gasteiger partial charge in [-0.15, -0.1) is 0 Å². The molecule has 0 saturated carbocycles. The van der Waals surface area contributed by atoms with Crippen molar-refractivity contribution >= 4 is 34.4 Å². The van der Waals surface area contributed by atoms with Crippen molar-refractivity contribution in [2.75, 3.05) is 43.4 Å². The third kappa shape index (κ3) is 4.04. The monoisotopic (exact) mass is 437 g/mol. The molecule has 0 amide bonds. The summed E-state index contributed by atoms with van der Waals surface area (Å²) in [4.78, 5) is 13.6. The second-order valence-corrected chi connectivity index (χ2v) is 8.02. The van der Waals surface area contributed by atoms with E-state index in [0.717, 1.165) is 48.6 Å². The number of benzene rings is 1. The molecule has 158 valence electrons. The predicted molar refractivity (Wildman–Crippen MR) is 121 cm³/mol. The number of nitrogens with zero attached hydrogens (tertiary/aromatic N) is 6. The first-order chi connectivity index (χ1) is 15.1. The first-order valence-corrected chi connectivity index (χ1v) is 10.4. The lowest BCUT2D eigenvalue weighted by Gasteiger charge is -2.33. The van der Waals surface area contributed by atoms with Gasteiger partial charge in [-0.05, 0) is 43.4 Å².